The van der Waals surface area contributed by atoms with Crippen molar-refractivity contribution >= 4 is 23.7 Å². The molecule has 3 heterocycles. The van der Waals surface area contributed by atoms with Gasteiger partial charge in [-0.1, -0.05) is 0 Å². The molecule has 0 spiro atoms. The Kier molecular flexibility index (Phi) is 6.11. The number of carbonyl (C=O) groups excluding carboxylic acids is 3. The Hall–Kier alpha value is -4.15. The SMILES string of the molecule is CC(=O)NC[C@H]1CN(c2ccc(-n3cnc(COC(=O)c4cccn4C)c3)c(F)c2)C(=O)O1. The number of hydrogen-bond acceptors (Lipinski definition) is 6. The summed E-state index contributed by atoms with van der Waals surface area (Å²) < 4.78 is 28.4. The topological polar surface area (TPSA) is 108 Å². The molecule has 2 amide bonds. The molecule has 172 valence electrons. The minimum Gasteiger partial charge on any atom is -0.454 e. The molecule has 1 aliphatic heterocycles. The highest BCUT2D eigenvalue weighted by Crippen LogP contribution is 2.25. The summed E-state index contributed by atoms with van der Waals surface area (Å²) in [7, 11) is 1.74. The molecule has 0 unspecified atom stereocenters. The monoisotopic (exact) mass is 455 g/mol. The molecule has 11 heteroatoms. The maximum absolute atomic E-state index is 14.8. The first-order valence-electron chi connectivity index (χ1n) is 10.2. The van der Waals surface area contributed by atoms with E-state index in [0.29, 0.717) is 17.1 Å². The first-order chi connectivity index (χ1) is 15.8. The number of carbonyl (C=O) groups is 3. The lowest BCUT2D eigenvalue weighted by Gasteiger charge is -2.14. The van der Waals surface area contributed by atoms with Gasteiger partial charge in [-0.15, -0.1) is 0 Å². The minimum absolute atomic E-state index is 0.0635. The molecule has 3 aromatic rings. The van der Waals surface area contributed by atoms with E-state index < -0.39 is 24.0 Å². The molecule has 0 bridgehead atoms. The van der Waals surface area contributed by atoms with Crippen molar-refractivity contribution in [3.63, 3.8) is 0 Å². The maximum Gasteiger partial charge on any atom is 0.414 e. The van der Waals surface area contributed by atoms with Crippen molar-refractivity contribution in [1.29, 1.82) is 0 Å². The summed E-state index contributed by atoms with van der Waals surface area (Å²) in [6, 6.07) is 7.72. The van der Waals surface area contributed by atoms with E-state index in [1.165, 1.54) is 34.9 Å². The van der Waals surface area contributed by atoms with Gasteiger partial charge in [0.05, 0.1) is 36.5 Å². The second-order valence-electron chi connectivity index (χ2n) is 7.54. The average Bonchev–Trinajstić information content (AvgIpc) is 3.50. The standard InChI is InChI=1S/C22H22FN5O5/c1-14(29)24-9-17-11-28(22(31)33-17)16-5-6-19(18(23)8-16)27-10-15(25-13-27)12-32-21(30)20-4-3-7-26(20)2/h3-8,10,13,17H,9,11-12H2,1-2H3,(H,24,29)/t17-/m0/s1. The Morgan fingerprint density at radius 3 is 2.85 bits per heavy atom. The van der Waals surface area contributed by atoms with E-state index in [9.17, 15) is 18.8 Å². The van der Waals surface area contributed by atoms with E-state index in [4.69, 9.17) is 9.47 Å². The highest BCUT2D eigenvalue weighted by atomic mass is 19.1. The molecule has 1 fully saturated rings. The fourth-order valence-corrected chi connectivity index (χ4v) is 3.43. The van der Waals surface area contributed by atoms with Crippen molar-refractivity contribution in [3.05, 3.63) is 66.3 Å². The number of ether oxygens (including phenoxy) is 2. The number of nitrogens with zero attached hydrogens (tertiary/aromatic N) is 4. The lowest BCUT2D eigenvalue weighted by atomic mass is 10.2. The van der Waals surface area contributed by atoms with Crippen LogP contribution < -0.4 is 10.2 Å². The van der Waals surface area contributed by atoms with Crippen molar-refractivity contribution < 1.29 is 28.2 Å². The molecule has 4 rings (SSSR count). The molecule has 0 radical (unpaired) electrons. The van der Waals surface area contributed by atoms with Crippen molar-refractivity contribution in [2.75, 3.05) is 18.0 Å². The molecule has 33 heavy (non-hydrogen) atoms. The molecular weight excluding hydrogens is 433 g/mol. The summed E-state index contributed by atoms with van der Waals surface area (Å²) in [5.74, 6) is -1.29. The Morgan fingerprint density at radius 1 is 1.33 bits per heavy atom. The van der Waals surface area contributed by atoms with Crippen molar-refractivity contribution in [3.8, 4) is 5.69 Å². The Bertz CT molecular complexity index is 1200. The summed E-state index contributed by atoms with van der Waals surface area (Å²) in [4.78, 5) is 40.8. The van der Waals surface area contributed by atoms with Gasteiger partial charge >= 0.3 is 12.1 Å². The number of nitrogens with one attached hydrogen (secondary N) is 1. The molecule has 10 nitrogen and oxygen atoms in total. The van der Waals surface area contributed by atoms with Gasteiger partial charge in [-0.25, -0.2) is 19.0 Å². The number of amides is 2. The van der Waals surface area contributed by atoms with Gasteiger partial charge in [0.1, 0.15) is 24.2 Å². The van der Waals surface area contributed by atoms with Gasteiger partial charge in [0.2, 0.25) is 5.91 Å². The van der Waals surface area contributed by atoms with E-state index >= 15 is 0 Å². The summed E-state index contributed by atoms with van der Waals surface area (Å²) in [6.45, 7) is 1.69. The van der Waals surface area contributed by atoms with Crippen molar-refractivity contribution in [2.24, 2.45) is 7.05 Å². The third kappa shape index (κ3) is 4.86. The largest absolute Gasteiger partial charge is 0.454 e. The van der Waals surface area contributed by atoms with Crippen LogP contribution in [0, 0.1) is 5.82 Å². The first-order valence-corrected chi connectivity index (χ1v) is 10.2. The van der Waals surface area contributed by atoms with E-state index in [-0.39, 0.29) is 31.3 Å². The van der Waals surface area contributed by atoms with Gasteiger partial charge in [0.15, 0.2) is 0 Å². The van der Waals surface area contributed by atoms with Crippen LogP contribution in [0.3, 0.4) is 0 Å². The van der Waals surface area contributed by atoms with Crippen LogP contribution in [0.4, 0.5) is 14.9 Å². The summed E-state index contributed by atoms with van der Waals surface area (Å²) in [5, 5.41) is 2.59. The third-order valence-electron chi connectivity index (χ3n) is 5.11. The van der Waals surface area contributed by atoms with Crippen molar-refractivity contribution in [2.45, 2.75) is 19.6 Å². The van der Waals surface area contributed by atoms with Crippen LogP contribution in [-0.4, -0.2) is 51.3 Å². The second-order valence-corrected chi connectivity index (χ2v) is 7.54. The van der Waals surface area contributed by atoms with Gasteiger partial charge in [-0.05, 0) is 30.3 Å². The van der Waals surface area contributed by atoms with Crippen LogP contribution in [0.2, 0.25) is 0 Å². The molecule has 1 aromatic carbocycles. The second kappa shape index (κ2) is 9.15. The summed E-state index contributed by atoms with van der Waals surface area (Å²) >= 11 is 0. The van der Waals surface area contributed by atoms with E-state index in [1.807, 2.05) is 0 Å². The molecular formula is C22H22FN5O5. The quantitative estimate of drug-likeness (QED) is 0.547. The number of halogens is 1. The third-order valence-corrected chi connectivity index (χ3v) is 5.11. The molecule has 0 saturated carbocycles. The maximum atomic E-state index is 14.8. The number of rotatable bonds is 7. The number of hydrogen-bond donors (Lipinski definition) is 1. The van der Waals surface area contributed by atoms with Gasteiger partial charge in [-0.2, -0.15) is 0 Å². The zero-order valence-corrected chi connectivity index (χ0v) is 18.0. The summed E-state index contributed by atoms with van der Waals surface area (Å²) in [6.07, 6.45) is 3.59. The number of aryl methyl sites for hydroxylation is 1. The summed E-state index contributed by atoms with van der Waals surface area (Å²) in [5.41, 5.74) is 1.41. The molecule has 0 aliphatic carbocycles. The predicted octanol–water partition coefficient (Wildman–Crippen LogP) is 2.17. The molecule has 1 atom stereocenters. The van der Waals surface area contributed by atoms with Crippen LogP contribution in [0.1, 0.15) is 23.1 Å². The number of benzene rings is 1. The fraction of sp³-hybridized carbons (Fsp3) is 0.273. The van der Waals surface area contributed by atoms with Gasteiger partial charge in [0, 0.05) is 26.4 Å². The van der Waals surface area contributed by atoms with Gasteiger partial charge in [0.25, 0.3) is 0 Å². The molecule has 1 N–H and O–H groups in total. The smallest absolute Gasteiger partial charge is 0.414 e. The normalized spacial score (nSPS) is 15.4. The van der Waals surface area contributed by atoms with E-state index in [0.717, 1.165) is 0 Å². The van der Waals surface area contributed by atoms with Crippen LogP contribution in [0.5, 0.6) is 0 Å². The lowest BCUT2D eigenvalue weighted by Crippen LogP contribution is -2.33. The Balaban J connectivity index is 1.41. The van der Waals surface area contributed by atoms with E-state index in [1.54, 1.807) is 42.2 Å². The zero-order chi connectivity index (χ0) is 23.5. The molecule has 2 aromatic heterocycles. The molecule has 1 aliphatic rings. The highest BCUT2D eigenvalue weighted by molar-refractivity contribution is 5.90. The number of imidazole rings is 1. The predicted molar refractivity (Wildman–Crippen MR) is 114 cm³/mol. The lowest BCUT2D eigenvalue weighted by molar-refractivity contribution is -0.119. The number of esters is 1. The van der Waals surface area contributed by atoms with Crippen LogP contribution in [-0.2, 0) is 27.9 Å². The fourth-order valence-electron chi connectivity index (χ4n) is 3.43. The van der Waals surface area contributed by atoms with Crippen molar-refractivity contribution in [1.82, 2.24) is 19.4 Å². The van der Waals surface area contributed by atoms with Gasteiger partial charge < -0.3 is 23.9 Å². The van der Waals surface area contributed by atoms with E-state index in [2.05, 4.69) is 10.3 Å². The van der Waals surface area contributed by atoms with Gasteiger partial charge in [-0.3, -0.25) is 9.69 Å². The Morgan fingerprint density at radius 2 is 2.15 bits per heavy atom. The average molecular weight is 455 g/mol. The van der Waals surface area contributed by atoms with Crippen LogP contribution in [0.25, 0.3) is 5.69 Å². The first kappa shape index (κ1) is 22.1. The Labute approximate surface area is 188 Å². The number of aromatic nitrogens is 3. The number of anilines is 1. The highest BCUT2D eigenvalue weighted by Gasteiger charge is 2.32. The number of cyclic esters (lactones) is 1. The zero-order valence-electron chi connectivity index (χ0n) is 18.0. The van der Waals surface area contributed by atoms with Crippen LogP contribution >= 0.6 is 0 Å². The minimum atomic E-state index is -0.609. The molecule has 1 saturated heterocycles. The van der Waals surface area contributed by atoms with Crippen LogP contribution in [0.15, 0.2) is 49.1 Å².